The van der Waals surface area contributed by atoms with Gasteiger partial charge >= 0.3 is 5.97 Å². The van der Waals surface area contributed by atoms with Crippen molar-refractivity contribution in [2.45, 2.75) is 47.3 Å². The van der Waals surface area contributed by atoms with Crippen molar-refractivity contribution in [2.75, 3.05) is 28.4 Å². The van der Waals surface area contributed by atoms with E-state index in [2.05, 4.69) is 85.0 Å². The highest BCUT2D eigenvalue weighted by Gasteiger charge is 2.95. The minimum atomic E-state index is -0.593. The molecular weight excluding hydrogens is 765 g/mol. The summed E-state index contributed by atoms with van der Waals surface area (Å²) < 4.78 is 24.6. The van der Waals surface area contributed by atoms with E-state index in [0.717, 1.165) is 23.5 Å². The molecule has 0 N–H and O–H groups in total. The Kier molecular flexibility index (Phi) is 4.46. The van der Waals surface area contributed by atoms with Gasteiger partial charge in [0.15, 0.2) is 0 Å². The van der Waals surface area contributed by atoms with Crippen molar-refractivity contribution in [3.63, 3.8) is 0 Å². The molecular formula is C57H34O5. The highest BCUT2D eigenvalue weighted by Crippen LogP contribution is 2.96. The second-order valence-corrected chi connectivity index (χ2v) is 19.5. The third-order valence-corrected chi connectivity index (χ3v) is 18.5. The van der Waals surface area contributed by atoms with E-state index in [9.17, 15) is 4.79 Å². The van der Waals surface area contributed by atoms with Crippen LogP contribution in [-0.2, 0) is 25.8 Å². The number of methoxy groups -OCH3 is 4. The fourth-order valence-corrected chi connectivity index (χ4v) is 17.5. The van der Waals surface area contributed by atoms with Crippen LogP contribution in [-0.4, -0.2) is 34.4 Å². The minimum absolute atomic E-state index is 0.0471. The van der Waals surface area contributed by atoms with Gasteiger partial charge in [-0.25, -0.2) is 0 Å². The van der Waals surface area contributed by atoms with Crippen LogP contribution in [0.3, 0.4) is 0 Å². The Labute approximate surface area is 352 Å². The van der Waals surface area contributed by atoms with Crippen LogP contribution in [0, 0.1) is 0 Å². The van der Waals surface area contributed by atoms with Crippen LogP contribution in [0.25, 0.3) is 114 Å². The van der Waals surface area contributed by atoms with Crippen LogP contribution in [0.1, 0.15) is 58.9 Å². The van der Waals surface area contributed by atoms with Gasteiger partial charge in [-0.2, -0.15) is 0 Å². The average Bonchev–Trinajstić information content (AvgIpc) is 3.87. The Bertz CT molecular complexity index is 4310. The monoisotopic (exact) mass is 798 g/mol. The van der Waals surface area contributed by atoms with E-state index in [4.69, 9.17) is 18.9 Å². The molecule has 0 aliphatic heterocycles. The Morgan fingerprint density at radius 3 is 1.84 bits per heavy atom. The molecule has 2 spiro atoms. The maximum atomic E-state index is 13.3. The third kappa shape index (κ3) is 2.39. The topological polar surface area (TPSA) is 54.0 Å². The lowest BCUT2D eigenvalue weighted by Crippen LogP contribution is -2.27. The number of benzene rings is 8. The van der Waals surface area contributed by atoms with Crippen LogP contribution in [0.15, 0.2) is 84.5 Å². The quantitative estimate of drug-likeness (QED) is 0.113. The third-order valence-electron chi connectivity index (χ3n) is 18.5. The molecule has 5 heteroatoms. The minimum Gasteiger partial charge on any atom is -0.496 e. The van der Waals surface area contributed by atoms with Crippen molar-refractivity contribution >= 4 is 120 Å². The second-order valence-electron chi connectivity index (χ2n) is 19.5. The van der Waals surface area contributed by atoms with E-state index >= 15 is 0 Å². The first-order chi connectivity index (χ1) is 30.5. The van der Waals surface area contributed by atoms with Crippen LogP contribution in [0.5, 0.6) is 17.2 Å². The smallest absolute Gasteiger partial charge is 0.305 e. The Hall–Kier alpha value is -6.85. The molecule has 5 unspecified atom stereocenters. The van der Waals surface area contributed by atoms with Gasteiger partial charge in [0.05, 0.1) is 28.4 Å². The second kappa shape index (κ2) is 8.89. The largest absolute Gasteiger partial charge is 0.496 e. The molecule has 0 radical (unpaired) electrons. The van der Waals surface area contributed by atoms with E-state index in [-0.39, 0.29) is 17.8 Å². The first-order valence-electron chi connectivity index (χ1n) is 22.2. The Morgan fingerprint density at radius 2 is 1.16 bits per heavy atom. The zero-order valence-electron chi connectivity index (χ0n) is 34.4. The molecule has 5 atom stereocenters. The highest BCUT2D eigenvalue weighted by molar-refractivity contribution is 6.62. The van der Waals surface area contributed by atoms with Gasteiger partial charge in [0.1, 0.15) is 17.2 Å². The predicted molar refractivity (Wildman–Crippen MR) is 248 cm³/mol. The molecule has 5 nitrogen and oxygen atoms in total. The molecule has 0 heterocycles. The number of allylic oxidation sites excluding steroid dienone is 6. The summed E-state index contributed by atoms with van der Waals surface area (Å²) in [5.41, 5.74) is 6.96. The van der Waals surface area contributed by atoms with Gasteiger partial charge in [0.25, 0.3) is 0 Å². The van der Waals surface area contributed by atoms with Crippen molar-refractivity contribution in [3.8, 4) is 17.2 Å². The summed E-state index contributed by atoms with van der Waals surface area (Å²) in [5.74, 6) is 2.17. The van der Waals surface area contributed by atoms with Crippen molar-refractivity contribution < 1.29 is 23.7 Å². The molecule has 62 heavy (non-hydrogen) atoms. The summed E-state index contributed by atoms with van der Waals surface area (Å²) in [6.07, 6.45) is 16.5. The Balaban J connectivity index is 1.20. The van der Waals surface area contributed by atoms with E-state index in [1.54, 1.807) is 21.3 Å². The van der Waals surface area contributed by atoms with Crippen LogP contribution in [0.2, 0.25) is 0 Å². The number of esters is 1. The number of carbonyl (C=O) groups excluding carboxylic acids is 1. The lowest BCUT2D eigenvalue weighted by Gasteiger charge is -2.31. The number of rotatable bonds is 8. The lowest BCUT2D eigenvalue weighted by molar-refractivity contribution is -0.140. The molecule has 6 aliphatic carbocycles. The van der Waals surface area contributed by atoms with E-state index in [1.807, 2.05) is 0 Å². The maximum absolute atomic E-state index is 13.3. The number of ether oxygens (including phenoxy) is 4. The molecule has 1 fully saturated rings. The summed E-state index contributed by atoms with van der Waals surface area (Å²) >= 11 is 0. The van der Waals surface area contributed by atoms with E-state index < -0.39 is 16.2 Å². The molecule has 292 valence electrons. The van der Waals surface area contributed by atoms with Crippen molar-refractivity contribution in [1.29, 1.82) is 0 Å². The molecule has 18 rings (SSSR count). The van der Waals surface area contributed by atoms with Crippen LogP contribution < -0.4 is 19.4 Å². The van der Waals surface area contributed by atoms with Gasteiger partial charge in [-0.15, -0.1) is 0 Å². The summed E-state index contributed by atoms with van der Waals surface area (Å²) in [6, 6.07) is 18.9. The molecule has 0 saturated heterocycles. The van der Waals surface area contributed by atoms with Crippen molar-refractivity contribution in [3.05, 3.63) is 118 Å². The van der Waals surface area contributed by atoms with Crippen LogP contribution >= 0.6 is 0 Å². The fraction of sp³-hybridized carbons (Fsp3) is 0.211. The molecule has 0 bridgehead atoms. The van der Waals surface area contributed by atoms with Crippen molar-refractivity contribution in [1.82, 2.24) is 0 Å². The molecule has 12 aromatic rings. The molecule has 0 aromatic heterocycles. The molecule has 0 amide bonds. The Morgan fingerprint density at radius 1 is 0.581 bits per heavy atom. The zero-order valence-corrected chi connectivity index (χ0v) is 34.4. The number of fused-ring (bicyclic) bond motifs is 5. The first kappa shape index (κ1) is 31.1. The average molecular weight is 799 g/mol. The van der Waals surface area contributed by atoms with Gasteiger partial charge in [0, 0.05) is 52.2 Å². The number of hydrogen-bond donors (Lipinski definition) is 0. The maximum Gasteiger partial charge on any atom is 0.305 e. The lowest BCUT2D eigenvalue weighted by atomic mass is 9.70. The first-order valence-corrected chi connectivity index (χ1v) is 22.2. The molecule has 1 saturated carbocycles. The summed E-state index contributed by atoms with van der Waals surface area (Å²) in [5, 5.41) is 30.3. The van der Waals surface area contributed by atoms with Gasteiger partial charge in [-0.1, -0.05) is 72.9 Å². The number of hydrogen-bond acceptors (Lipinski definition) is 5. The van der Waals surface area contributed by atoms with Gasteiger partial charge in [-0.05, 0) is 154 Å². The standard InChI is InChI=1S/C57H34O5/c1-59-22-20-33(60-2)52(34(21-22)61-3)55(19-7-12-35(58)62-4)56-31-10-6-11-32-30-18-17-28-27-16-15-26-25-14-13-24-23-8-5-9-29(31)42-40(23)45-36(24)37(25)44-38(26)39(27)46-41(28)43(30)54(57(32,55)56)51-49(46)47(44)48(45)50(51)53(42)56/h5-6,8-11,13-18,20-21,29,32H,7,12,19H2,1-4H3. The number of carbonyl (C=O) groups is 1. The zero-order chi connectivity index (χ0) is 40.4. The summed E-state index contributed by atoms with van der Waals surface area (Å²) in [4.78, 5) is 13.3. The van der Waals surface area contributed by atoms with Gasteiger partial charge in [-0.3, -0.25) is 4.79 Å². The van der Waals surface area contributed by atoms with E-state index in [1.165, 1.54) is 148 Å². The fourth-order valence-electron chi connectivity index (χ4n) is 17.5. The van der Waals surface area contributed by atoms with Gasteiger partial charge < -0.3 is 18.9 Å². The summed E-state index contributed by atoms with van der Waals surface area (Å²) in [6.45, 7) is 0. The summed E-state index contributed by atoms with van der Waals surface area (Å²) in [7, 11) is 6.81. The highest BCUT2D eigenvalue weighted by atomic mass is 16.5. The molecule has 6 aliphatic rings. The van der Waals surface area contributed by atoms with E-state index in [0.29, 0.717) is 18.6 Å². The molecule has 12 aromatic carbocycles. The SMILES string of the molecule is COC(=O)CCCC1(c2c(OC)cc(OC)cc2OC)C23C4=CC=CC5c6ccc7c8ccc9c%10ccc%11c%12c%13c(c2c2c%14c(c6c7c6c8c9c7c%10c%11c%13c2c7c%146)C513)C4C=CC=%12. The van der Waals surface area contributed by atoms with Crippen molar-refractivity contribution in [2.24, 2.45) is 0 Å². The normalized spacial score (nSPS) is 26.0. The predicted octanol–water partition coefficient (Wildman–Crippen LogP) is 11.9. The van der Waals surface area contributed by atoms with Gasteiger partial charge in [0.2, 0.25) is 0 Å². The van der Waals surface area contributed by atoms with Crippen LogP contribution in [0.4, 0.5) is 0 Å².